The minimum absolute atomic E-state index is 0.0541. The van der Waals surface area contributed by atoms with Crippen molar-refractivity contribution in [1.29, 1.82) is 0 Å². The molecule has 4 aliphatic carbocycles. The summed E-state index contributed by atoms with van der Waals surface area (Å²) in [7, 11) is -3.90. The van der Waals surface area contributed by atoms with E-state index in [9.17, 15) is 27.6 Å². The van der Waals surface area contributed by atoms with Gasteiger partial charge in [-0.3, -0.25) is 24.1 Å². The summed E-state index contributed by atoms with van der Waals surface area (Å²) in [6.45, 7) is 9.43. The quantitative estimate of drug-likeness (QED) is 0.281. The molecule has 3 saturated carbocycles. The van der Waals surface area contributed by atoms with Crippen molar-refractivity contribution in [3.63, 3.8) is 0 Å². The molecule has 298 valence electrons. The third-order valence-electron chi connectivity index (χ3n) is 10.8. The van der Waals surface area contributed by atoms with Gasteiger partial charge in [-0.15, -0.1) is 6.58 Å². The van der Waals surface area contributed by atoms with Crippen LogP contribution in [-0.2, 0) is 34.0 Å². The predicted molar refractivity (Wildman–Crippen MR) is 207 cm³/mol. The summed E-state index contributed by atoms with van der Waals surface area (Å²) in [6, 6.07) is 13.7. The number of benzene rings is 2. The van der Waals surface area contributed by atoms with Crippen LogP contribution in [0.2, 0.25) is 0 Å². The molecule has 2 aromatic rings. The Morgan fingerprint density at radius 2 is 1.77 bits per heavy atom. The molecule has 0 spiro atoms. The molecule has 4 bridgehead atoms. The normalized spacial score (nSPS) is 27.7. The van der Waals surface area contributed by atoms with E-state index in [0.29, 0.717) is 50.2 Å². The Labute approximate surface area is 327 Å². The van der Waals surface area contributed by atoms with Crippen molar-refractivity contribution in [3.05, 3.63) is 78.4 Å². The second kappa shape index (κ2) is 15.4. The number of hydrogen-bond donors (Lipinski definition) is 3. The molecule has 0 saturated heterocycles. The molecule has 15 heteroatoms. The third-order valence-corrected chi connectivity index (χ3v) is 12.7. The minimum atomic E-state index is -3.90. The maximum Gasteiger partial charge on any atom is 0.426 e. The number of ether oxygens (including phenoxy) is 2. The summed E-state index contributed by atoms with van der Waals surface area (Å²) in [5, 5.41) is 8.04. The molecule has 3 fully saturated rings. The van der Waals surface area contributed by atoms with Gasteiger partial charge in [0.2, 0.25) is 21.8 Å². The lowest BCUT2D eigenvalue weighted by atomic mass is 9.93. The molecular weight excluding hydrogens is 739 g/mol. The van der Waals surface area contributed by atoms with Gasteiger partial charge < -0.3 is 19.6 Å². The number of hydrogen-bond acceptors (Lipinski definition) is 10. The Morgan fingerprint density at radius 3 is 2.48 bits per heavy atom. The lowest BCUT2D eigenvalue weighted by Crippen LogP contribution is -2.55. The minimum Gasteiger partial charge on any atom is -0.490 e. The summed E-state index contributed by atoms with van der Waals surface area (Å²) < 4.78 is 39.2. The van der Waals surface area contributed by atoms with Gasteiger partial charge >= 0.3 is 6.09 Å². The Balaban J connectivity index is 1.21. The number of allylic oxidation sites excluding steroid dienone is 1. The Hall–Kier alpha value is -5.18. The van der Waals surface area contributed by atoms with Crippen LogP contribution in [0.1, 0.15) is 83.3 Å². The molecule has 1 heterocycles. The van der Waals surface area contributed by atoms with Crippen LogP contribution >= 0.6 is 0 Å². The monoisotopic (exact) mass is 787 g/mol. The largest absolute Gasteiger partial charge is 0.490 e. The van der Waals surface area contributed by atoms with Crippen LogP contribution in [-0.4, -0.2) is 78.6 Å². The molecular formula is C41H49N5O9S. The van der Waals surface area contributed by atoms with Gasteiger partial charge in [0.15, 0.2) is 0 Å². The van der Waals surface area contributed by atoms with E-state index >= 15 is 0 Å². The molecule has 5 aliphatic rings. The SMILES string of the molecule is C=C[C@@H]1C[C@]1(NC(=O)[C@@H]1C[C@@H]2C[C@H]1C(=O)N(NC(=O)OC(C)(C)C)CCCC/C=C\COc1ccc3c(c1)/C(=N\O2)c1ccccc1-3)C(=O)NS(=O)(=O)C1CC1. The maximum atomic E-state index is 14.6. The number of nitrogens with zero attached hydrogens (tertiary/aromatic N) is 2. The highest BCUT2D eigenvalue weighted by molar-refractivity contribution is 7.91. The average molecular weight is 788 g/mol. The first-order valence-electron chi connectivity index (χ1n) is 19.3. The maximum absolute atomic E-state index is 14.6. The molecule has 0 radical (unpaired) electrons. The second-order valence-electron chi connectivity index (χ2n) is 16.2. The Bertz CT molecular complexity index is 2090. The number of carbonyl (C=O) groups excluding carboxylic acids is 4. The van der Waals surface area contributed by atoms with E-state index in [2.05, 4.69) is 27.2 Å². The molecule has 7 rings (SSSR count). The number of nitrogens with one attached hydrogen (secondary N) is 3. The zero-order valence-electron chi connectivity index (χ0n) is 31.9. The molecule has 2 aromatic carbocycles. The molecule has 0 aromatic heterocycles. The van der Waals surface area contributed by atoms with Gasteiger partial charge in [0.05, 0.1) is 17.1 Å². The molecule has 0 unspecified atom stereocenters. The van der Waals surface area contributed by atoms with Crippen molar-refractivity contribution < 1.29 is 41.9 Å². The van der Waals surface area contributed by atoms with Crippen molar-refractivity contribution in [2.24, 2.45) is 22.9 Å². The van der Waals surface area contributed by atoms with Gasteiger partial charge in [0.1, 0.15) is 35.3 Å². The smallest absolute Gasteiger partial charge is 0.426 e. The summed E-state index contributed by atoms with van der Waals surface area (Å²) >= 11 is 0. The predicted octanol–water partition coefficient (Wildman–Crippen LogP) is 4.89. The van der Waals surface area contributed by atoms with Gasteiger partial charge in [-0.1, -0.05) is 47.6 Å². The number of hydrazine groups is 1. The third kappa shape index (κ3) is 8.32. The summed E-state index contributed by atoms with van der Waals surface area (Å²) in [4.78, 5) is 61.7. The van der Waals surface area contributed by atoms with E-state index in [1.165, 1.54) is 11.1 Å². The topological polar surface area (TPSA) is 182 Å². The number of rotatable bonds is 7. The summed E-state index contributed by atoms with van der Waals surface area (Å²) in [6.07, 6.45) is 7.01. The second-order valence-corrected chi connectivity index (χ2v) is 18.1. The standard InChI is InChI=1S/C41H49N5O9S/c1-5-25-24-41(25,38(49)45-56(51,52)28-16-17-28)42-36(47)33-22-27-23-34(33)37(48)46(43-39(50)54-40(2,3)4)19-11-7-6-8-12-20-53-26-15-18-30-29-13-9-10-14-31(29)35(44-55-27)32(30)21-26/h5,8-10,12-15,18,21,25,27-28,33-34H,1,6-7,11,16-17,19-20,22-24H2,2-4H3,(H,42,47)(H,43,50)(H,45,49)/b12-8-,44-35-/t25-,27-,33-,34-,41-/m1/s1. The molecule has 1 aliphatic heterocycles. The fourth-order valence-corrected chi connectivity index (χ4v) is 9.07. The summed E-state index contributed by atoms with van der Waals surface area (Å²) in [5.41, 5.74) is 4.43. The fraction of sp³-hybridized carbons (Fsp3) is 0.488. The first kappa shape index (κ1) is 39.1. The lowest BCUT2D eigenvalue weighted by Gasteiger charge is -2.30. The summed E-state index contributed by atoms with van der Waals surface area (Å²) in [5.74, 6) is -3.85. The number of fused-ring (bicyclic) bond motifs is 6. The van der Waals surface area contributed by atoms with Crippen molar-refractivity contribution in [2.75, 3.05) is 13.2 Å². The van der Waals surface area contributed by atoms with Crippen molar-refractivity contribution in [3.8, 4) is 16.9 Å². The van der Waals surface area contributed by atoms with Gasteiger partial charge in [-0.2, -0.15) is 0 Å². The number of amides is 4. The van der Waals surface area contributed by atoms with Crippen LogP contribution in [0, 0.1) is 17.8 Å². The van der Waals surface area contributed by atoms with Gasteiger partial charge in [-0.25, -0.2) is 18.6 Å². The van der Waals surface area contributed by atoms with Crippen molar-refractivity contribution >= 4 is 39.5 Å². The Morgan fingerprint density at radius 1 is 1.02 bits per heavy atom. The highest BCUT2D eigenvalue weighted by atomic mass is 32.2. The van der Waals surface area contributed by atoms with E-state index in [0.717, 1.165) is 22.3 Å². The first-order chi connectivity index (χ1) is 26.7. The fourth-order valence-electron chi connectivity index (χ4n) is 7.70. The van der Waals surface area contributed by atoms with Crippen molar-refractivity contribution in [2.45, 2.75) is 94.6 Å². The van der Waals surface area contributed by atoms with Crippen molar-refractivity contribution in [1.82, 2.24) is 20.5 Å². The molecule has 5 atom stereocenters. The Kier molecular flexibility index (Phi) is 10.7. The zero-order chi connectivity index (χ0) is 39.8. The van der Waals surface area contributed by atoms with Crippen LogP contribution in [0.3, 0.4) is 0 Å². The zero-order valence-corrected chi connectivity index (χ0v) is 32.7. The van der Waals surface area contributed by atoms with E-state index in [1.807, 2.05) is 54.6 Å². The van der Waals surface area contributed by atoms with E-state index in [4.69, 9.17) is 14.3 Å². The van der Waals surface area contributed by atoms with Gasteiger partial charge in [-0.05, 0) is 101 Å². The highest BCUT2D eigenvalue weighted by Gasteiger charge is 2.62. The van der Waals surface area contributed by atoms with Gasteiger partial charge in [0, 0.05) is 23.6 Å². The number of carbonyl (C=O) groups is 4. The van der Waals surface area contributed by atoms with E-state index in [1.54, 1.807) is 20.8 Å². The van der Waals surface area contributed by atoms with Crippen LogP contribution in [0.25, 0.3) is 11.1 Å². The average Bonchev–Trinajstić information content (AvgIpc) is 4.06. The lowest BCUT2D eigenvalue weighted by molar-refractivity contribution is -0.144. The first-order valence-corrected chi connectivity index (χ1v) is 20.8. The van der Waals surface area contributed by atoms with Crippen LogP contribution < -0.4 is 20.2 Å². The highest BCUT2D eigenvalue weighted by Crippen LogP contribution is 2.47. The van der Waals surface area contributed by atoms with Crippen LogP contribution in [0.4, 0.5) is 4.79 Å². The van der Waals surface area contributed by atoms with E-state index < -0.39 is 74.1 Å². The molecule has 14 nitrogen and oxygen atoms in total. The molecule has 3 N–H and O–H groups in total. The van der Waals surface area contributed by atoms with Gasteiger partial charge in [0.25, 0.3) is 5.91 Å². The molecule has 56 heavy (non-hydrogen) atoms. The number of sulfonamides is 1. The van der Waals surface area contributed by atoms with Crippen LogP contribution in [0.5, 0.6) is 5.75 Å². The van der Waals surface area contributed by atoms with E-state index in [-0.39, 0.29) is 25.8 Å². The molecule has 4 amide bonds. The number of oxime groups is 1. The van der Waals surface area contributed by atoms with Crippen LogP contribution in [0.15, 0.2) is 72.4 Å².